The summed E-state index contributed by atoms with van der Waals surface area (Å²) in [6.07, 6.45) is 3.15. The summed E-state index contributed by atoms with van der Waals surface area (Å²) < 4.78 is 1.33. The molecule has 0 aliphatic carbocycles. The third-order valence-electron chi connectivity index (χ3n) is 6.07. The molecule has 2 aromatic rings. The van der Waals surface area contributed by atoms with Crippen molar-refractivity contribution in [2.75, 3.05) is 38.1 Å². The summed E-state index contributed by atoms with van der Waals surface area (Å²) >= 11 is 0. The van der Waals surface area contributed by atoms with Crippen LogP contribution in [0.15, 0.2) is 36.7 Å². The van der Waals surface area contributed by atoms with Crippen LogP contribution in [-0.4, -0.2) is 69.9 Å². The minimum Gasteiger partial charge on any atom is -0.392 e. The third-order valence-corrected chi connectivity index (χ3v) is 6.07. The van der Waals surface area contributed by atoms with Crippen LogP contribution in [0.4, 0.5) is 10.5 Å². The average molecular weight is 397 g/mol. The molecule has 8 heteroatoms. The van der Waals surface area contributed by atoms with Gasteiger partial charge in [0.05, 0.1) is 24.7 Å². The molecule has 2 atom stereocenters. The van der Waals surface area contributed by atoms with Crippen LogP contribution in [0.25, 0.3) is 0 Å². The van der Waals surface area contributed by atoms with Crippen molar-refractivity contribution in [2.45, 2.75) is 20.1 Å². The minimum absolute atomic E-state index is 0.0702. The largest absolute Gasteiger partial charge is 0.392 e. The van der Waals surface area contributed by atoms with Crippen LogP contribution >= 0.6 is 0 Å². The molecule has 0 saturated carbocycles. The standard InChI is InChI=1S/C21H27N5O3/c1-15(28)23(2)20-7-22-26(13-20)21(29)25-11-18-9-24(10-19(18)12-25)8-16-3-5-17(14-27)6-4-16/h3-7,13,18-19,27H,8-12,14H2,1-2H3. The van der Waals surface area contributed by atoms with E-state index >= 15 is 0 Å². The zero-order valence-corrected chi connectivity index (χ0v) is 16.9. The lowest BCUT2D eigenvalue weighted by atomic mass is 10.0. The van der Waals surface area contributed by atoms with Crippen molar-refractivity contribution in [2.24, 2.45) is 11.8 Å². The molecule has 2 aliphatic rings. The molecule has 0 bridgehead atoms. The van der Waals surface area contributed by atoms with E-state index < -0.39 is 0 Å². The zero-order chi connectivity index (χ0) is 20.5. The van der Waals surface area contributed by atoms with Crippen LogP contribution in [0.1, 0.15) is 18.1 Å². The molecule has 0 spiro atoms. The van der Waals surface area contributed by atoms with Crippen LogP contribution in [-0.2, 0) is 17.9 Å². The number of rotatable bonds is 4. The Morgan fingerprint density at radius 2 is 1.72 bits per heavy atom. The summed E-state index contributed by atoms with van der Waals surface area (Å²) in [7, 11) is 1.67. The van der Waals surface area contributed by atoms with E-state index in [2.05, 4.69) is 22.1 Å². The van der Waals surface area contributed by atoms with E-state index in [1.54, 1.807) is 19.4 Å². The van der Waals surface area contributed by atoms with Gasteiger partial charge in [-0.3, -0.25) is 9.69 Å². The molecule has 1 aromatic heterocycles. The van der Waals surface area contributed by atoms with Gasteiger partial charge in [-0.25, -0.2) is 4.79 Å². The van der Waals surface area contributed by atoms with Gasteiger partial charge in [-0.1, -0.05) is 24.3 Å². The molecule has 4 rings (SSSR count). The van der Waals surface area contributed by atoms with Gasteiger partial charge < -0.3 is 14.9 Å². The Morgan fingerprint density at radius 1 is 1.10 bits per heavy atom. The number of aliphatic hydroxyl groups excluding tert-OH is 1. The number of anilines is 1. The third kappa shape index (κ3) is 4.04. The van der Waals surface area contributed by atoms with Gasteiger partial charge in [0.1, 0.15) is 0 Å². The fourth-order valence-corrected chi connectivity index (χ4v) is 4.30. The van der Waals surface area contributed by atoms with E-state index in [1.165, 1.54) is 22.1 Å². The van der Waals surface area contributed by atoms with E-state index in [4.69, 9.17) is 5.11 Å². The van der Waals surface area contributed by atoms with Gasteiger partial charge in [-0.15, -0.1) is 0 Å². The van der Waals surface area contributed by atoms with E-state index in [9.17, 15) is 9.59 Å². The minimum atomic E-state index is -0.131. The normalized spacial score (nSPS) is 21.4. The molecule has 2 unspecified atom stereocenters. The molecule has 1 aromatic carbocycles. The zero-order valence-electron chi connectivity index (χ0n) is 16.9. The molecule has 3 heterocycles. The number of amides is 2. The average Bonchev–Trinajstić information content (AvgIpc) is 3.42. The van der Waals surface area contributed by atoms with Gasteiger partial charge >= 0.3 is 6.03 Å². The quantitative estimate of drug-likeness (QED) is 0.843. The maximum Gasteiger partial charge on any atom is 0.344 e. The van der Waals surface area contributed by atoms with Crippen molar-refractivity contribution in [3.05, 3.63) is 47.8 Å². The van der Waals surface area contributed by atoms with E-state index in [0.29, 0.717) is 17.5 Å². The Balaban J connectivity index is 1.32. The SMILES string of the molecule is CC(=O)N(C)c1cnn(C(=O)N2CC3CN(Cc4ccc(CO)cc4)CC3C2)c1. The number of carbonyl (C=O) groups excluding carboxylic acids is 2. The van der Waals surface area contributed by atoms with Crippen LogP contribution in [0.2, 0.25) is 0 Å². The van der Waals surface area contributed by atoms with Gasteiger partial charge in [0.25, 0.3) is 0 Å². The summed E-state index contributed by atoms with van der Waals surface area (Å²) in [5.74, 6) is 0.856. The Morgan fingerprint density at radius 3 is 2.31 bits per heavy atom. The number of aromatic nitrogens is 2. The lowest BCUT2D eigenvalue weighted by Gasteiger charge is -2.21. The van der Waals surface area contributed by atoms with Crippen molar-refractivity contribution in [3.8, 4) is 0 Å². The summed E-state index contributed by atoms with van der Waals surface area (Å²) in [4.78, 5) is 30.1. The van der Waals surface area contributed by atoms with Crippen LogP contribution in [0, 0.1) is 11.8 Å². The lowest BCUT2D eigenvalue weighted by Crippen LogP contribution is -2.36. The highest BCUT2D eigenvalue weighted by atomic mass is 16.3. The topological polar surface area (TPSA) is 81.9 Å². The summed E-state index contributed by atoms with van der Waals surface area (Å²) in [5.41, 5.74) is 2.79. The monoisotopic (exact) mass is 397 g/mol. The van der Waals surface area contributed by atoms with E-state index in [1.807, 2.05) is 17.0 Å². The summed E-state index contributed by atoms with van der Waals surface area (Å²) in [5, 5.41) is 13.3. The number of benzene rings is 1. The van der Waals surface area contributed by atoms with Crippen LogP contribution in [0.5, 0.6) is 0 Å². The fourth-order valence-electron chi connectivity index (χ4n) is 4.30. The first-order valence-electron chi connectivity index (χ1n) is 9.94. The molecule has 2 saturated heterocycles. The second-order valence-electron chi connectivity index (χ2n) is 8.10. The van der Waals surface area contributed by atoms with Crippen molar-refractivity contribution in [1.82, 2.24) is 19.6 Å². The fraction of sp³-hybridized carbons (Fsp3) is 0.476. The molecule has 2 fully saturated rings. The Hall–Kier alpha value is -2.71. The lowest BCUT2D eigenvalue weighted by molar-refractivity contribution is -0.116. The predicted octanol–water partition coefficient (Wildman–Crippen LogP) is 1.39. The Kier molecular flexibility index (Phi) is 5.38. The Labute approximate surface area is 170 Å². The second kappa shape index (κ2) is 7.96. The number of aliphatic hydroxyl groups is 1. The highest BCUT2D eigenvalue weighted by Crippen LogP contribution is 2.32. The molecular weight excluding hydrogens is 370 g/mol. The van der Waals surface area contributed by atoms with Gasteiger partial charge in [0.15, 0.2) is 0 Å². The molecule has 1 N–H and O–H groups in total. The number of likely N-dealkylation sites (tertiary alicyclic amines) is 2. The molecule has 0 radical (unpaired) electrons. The number of fused-ring (bicyclic) bond motifs is 1. The maximum atomic E-state index is 12.8. The number of hydrogen-bond donors (Lipinski definition) is 1. The van der Waals surface area contributed by atoms with Gasteiger partial charge in [-0.05, 0) is 23.0 Å². The second-order valence-corrected chi connectivity index (χ2v) is 8.10. The summed E-state index contributed by atoms with van der Waals surface area (Å²) in [6, 6.07) is 7.95. The van der Waals surface area contributed by atoms with Gasteiger partial charge in [-0.2, -0.15) is 9.78 Å². The number of nitrogens with zero attached hydrogens (tertiary/aromatic N) is 5. The van der Waals surface area contributed by atoms with Gasteiger partial charge in [0.2, 0.25) is 5.91 Å². The first-order valence-corrected chi connectivity index (χ1v) is 9.94. The van der Waals surface area contributed by atoms with E-state index in [0.717, 1.165) is 38.3 Å². The predicted molar refractivity (Wildman–Crippen MR) is 108 cm³/mol. The van der Waals surface area contributed by atoms with Crippen LogP contribution in [0.3, 0.4) is 0 Å². The molecule has 154 valence electrons. The molecule has 8 nitrogen and oxygen atoms in total. The molecule has 2 amide bonds. The maximum absolute atomic E-state index is 12.8. The first-order chi connectivity index (χ1) is 13.9. The van der Waals surface area contributed by atoms with E-state index in [-0.39, 0.29) is 18.5 Å². The molecule has 2 aliphatic heterocycles. The van der Waals surface area contributed by atoms with Crippen molar-refractivity contribution < 1.29 is 14.7 Å². The van der Waals surface area contributed by atoms with Crippen molar-refractivity contribution in [1.29, 1.82) is 0 Å². The summed E-state index contributed by atoms with van der Waals surface area (Å²) in [6.45, 7) is 5.88. The smallest absolute Gasteiger partial charge is 0.344 e. The van der Waals surface area contributed by atoms with Gasteiger partial charge in [0, 0.05) is 46.7 Å². The highest BCUT2D eigenvalue weighted by molar-refractivity contribution is 5.91. The molecule has 29 heavy (non-hydrogen) atoms. The number of hydrogen-bond acceptors (Lipinski definition) is 5. The number of carbonyl (C=O) groups is 2. The molecular formula is C21H27N5O3. The Bertz CT molecular complexity index is 880. The first kappa shape index (κ1) is 19.6. The van der Waals surface area contributed by atoms with Crippen molar-refractivity contribution >= 4 is 17.6 Å². The van der Waals surface area contributed by atoms with Crippen molar-refractivity contribution in [3.63, 3.8) is 0 Å². The van der Waals surface area contributed by atoms with Crippen LogP contribution < -0.4 is 4.90 Å². The highest BCUT2D eigenvalue weighted by Gasteiger charge is 2.41.